The van der Waals surface area contributed by atoms with Crippen LogP contribution in [-0.2, 0) is 0 Å². The predicted octanol–water partition coefficient (Wildman–Crippen LogP) is -2.32. The normalized spacial score (nSPS) is 8.67. The molecule has 0 aliphatic rings. The molecule has 9 heavy (non-hydrogen) atoms. The van der Waals surface area contributed by atoms with Crippen molar-refractivity contribution in [1.82, 2.24) is 5.32 Å². The maximum absolute atomic E-state index is 8.52. The van der Waals surface area contributed by atoms with Gasteiger partial charge in [-0.05, 0) is 13.1 Å². The lowest BCUT2D eigenvalue weighted by atomic mass is 10.7. The molecule has 0 bridgehead atoms. The van der Waals surface area contributed by atoms with Crippen molar-refractivity contribution in [3.8, 4) is 0 Å². The summed E-state index contributed by atoms with van der Waals surface area (Å²) in [6.45, 7) is 6.39. The van der Waals surface area contributed by atoms with Crippen molar-refractivity contribution >= 4 is 0 Å². The molecular weight excluding hydrogens is 146 g/mol. The topological polar surface area (TPSA) is 78.4 Å². The largest absolute Gasteiger partial charge is 0.321 e. The van der Waals surface area contributed by atoms with Gasteiger partial charge in [-0.1, -0.05) is 13.8 Å². The van der Waals surface area contributed by atoms with Crippen molar-refractivity contribution in [2.75, 3.05) is 13.1 Å². The van der Waals surface area contributed by atoms with Crippen molar-refractivity contribution in [2.45, 2.75) is 13.8 Å². The minimum atomic E-state index is -2.60. The second kappa shape index (κ2) is 11.0. The van der Waals surface area contributed by atoms with Crippen LogP contribution in [0.15, 0.2) is 0 Å². The van der Waals surface area contributed by atoms with Gasteiger partial charge in [0, 0.05) is 4.66 Å². The number of rotatable bonds is 2. The zero-order chi connectivity index (χ0) is 7.70. The quantitative estimate of drug-likeness (QED) is 0.472. The number of halogens is 1. The zero-order valence-electron chi connectivity index (χ0n) is 5.56. The first kappa shape index (κ1) is 11.9. The molecule has 0 aromatic rings. The molecule has 0 radical (unpaired) electrons. The van der Waals surface area contributed by atoms with E-state index >= 15 is 0 Å². The van der Waals surface area contributed by atoms with E-state index in [1.165, 1.54) is 0 Å². The highest BCUT2D eigenvalue weighted by Crippen LogP contribution is 1.47. The van der Waals surface area contributed by atoms with Crippen molar-refractivity contribution in [3.63, 3.8) is 0 Å². The van der Waals surface area contributed by atoms with E-state index in [4.69, 9.17) is 14.0 Å². The first-order valence-electron chi connectivity index (χ1n) is 2.60. The Hall–Kier alpha value is 0.130. The first-order valence-corrected chi connectivity index (χ1v) is 3.55. The fourth-order valence-corrected chi connectivity index (χ4v) is 0.250. The summed E-state index contributed by atoms with van der Waals surface area (Å²) in [6, 6.07) is 0. The Labute approximate surface area is 57.9 Å². The summed E-state index contributed by atoms with van der Waals surface area (Å²) in [5.41, 5.74) is 0. The Balaban J connectivity index is 0. The molecule has 2 N–H and O–H groups in total. The summed E-state index contributed by atoms with van der Waals surface area (Å²) in [6.07, 6.45) is 0. The SMILES string of the molecule is CCNCC.[O-][Cl+2]([O-])O. The van der Waals surface area contributed by atoms with E-state index < -0.39 is 10.8 Å². The van der Waals surface area contributed by atoms with Crippen LogP contribution in [0.5, 0.6) is 0 Å². The lowest BCUT2D eigenvalue weighted by Gasteiger charge is -1.86. The van der Waals surface area contributed by atoms with Gasteiger partial charge in [0.05, 0.1) is 0 Å². The number of nitrogens with one attached hydrogen (secondary N) is 1. The van der Waals surface area contributed by atoms with E-state index in [9.17, 15) is 0 Å². The average molecular weight is 158 g/mol. The Morgan fingerprint density at radius 1 is 1.33 bits per heavy atom. The summed E-state index contributed by atoms with van der Waals surface area (Å²) in [4.78, 5) is 0. The van der Waals surface area contributed by atoms with E-state index in [0.29, 0.717) is 0 Å². The molecule has 4 nitrogen and oxygen atoms in total. The Morgan fingerprint density at radius 2 is 1.56 bits per heavy atom. The number of hydrogen-bond acceptors (Lipinski definition) is 4. The van der Waals surface area contributed by atoms with Crippen LogP contribution in [0.3, 0.4) is 0 Å². The summed E-state index contributed by atoms with van der Waals surface area (Å²) in [5.74, 6) is 0. The Morgan fingerprint density at radius 3 is 1.56 bits per heavy atom. The van der Waals surface area contributed by atoms with Crippen molar-refractivity contribution < 1.29 is 24.8 Å². The molecule has 0 rings (SSSR count). The molecular formula is C4H12ClNO3. The fraction of sp³-hybridized carbons (Fsp3) is 1.00. The lowest BCUT2D eigenvalue weighted by molar-refractivity contribution is -1.63. The second-order valence-electron chi connectivity index (χ2n) is 1.16. The van der Waals surface area contributed by atoms with Gasteiger partial charge >= 0.3 is 0 Å². The van der Waals surface area contributed by atoms with Gasteiger partial charge in [-0.3, -0.25) is 0 Å². The van der Waals surface area contributed by atoms with E-state index in [1.54, 1.807) is 0 Å². The zero-order valence-corrected chi connectivity index (χ0v) is 6.31. The molecule has 0 aliphatic heterocycles. The summed E-state index contributed by atoms with van der Waals surface area (Å²) in [7, 11) is -2.60. The summed E-state index contributed by atoms with van der Waals surface area (Å²) >= 11 is 0. The molecule has 0 saturated heterocycles. The van der Waals surface area contributed by atoms with Gasteiger partial charge in [-0.25, -0.2) is 0 Å². The molecule has 0 saturated carbocycles. The Bertz CT molecular complexity index is 40.0. The predicted molar refractivity (Wildman–Crippen MR) is 26.4 cm³/mol. The third kappa shape index (κ3) is 67.3. The van der Waals surface area contributed by atoms with Crippen LogP contribution in [0.2, 0.25) is 0 Å². The third-order valence-corrected chi connectivity index (χ3v) is 0.500. The van der Waals surface area contributed by atoms with Crippen molar-refractivity contribution in [1.29, 1.82) is 0 Å². The van der Waals surface area contributed by atoms with E-state index in [1.807, 2.05) is 0 Å². The van der Waals surface area contributed by atoms with Crippen molar-refractivity contribution in [3.05, 3.63) is 0 Å². The third-order valence-electron chi connectivity index (χ3n) is 0.500. The highest BCUT2D eigenvalue weighted by molar-refractivity contribution is 4.27. The van der Waals surface area contributed by atoms with Gasteiger partial charge in [0.25, 0.3) is 10.8 Å². The molecule has 0 aliphatic carbocycles. The van der Waals surface area contributed by atoms with Crippen LogP contribution in [-0.4, -0.2) is 17.7 Å². The molecule has 0 heterocycles. The first-order chi connectivity index (χ1) is 4.15. The summed E-state index contributed by atoms with van der Waals surface area (Å²) in [5, 5.41) is 3.11. The molecule has 0 aromatic carbocycles. The minimum Gasteiger partial charge on any atom is -0.321 e. The maximum Gasteiger partial charge on any atom is 0.282 e. The molecule has 0 spiro atoms. The van der Waals surface area contributed by atoms with Crippen LogP contribution < -0.4 is 14.6 Å². The fourth-order valence-electron chi connectivity index (χ4n) is 0.250. The van der Waals surface area contributed by atoms with E-state index in [-0.39, 0.29) is 0 Å². The molecule has 0 aromatic heterocycles. The number of hydrogen-bond donors (Lipinski definition) is 2. The van der Waals surface area contributed by atoms with Crippen LogP contribution in [0, 0.1) is 10.8 Å². The lowest BCUT2D eigenvalue weighted by Crippen LogP contribution is -2.30. The van der Waals surface area contributed by atoms with E-state index in [0.717, 1.165) is 13.1 Å². The maximum atomic E-state index is 8.52. The molecule has 0 unspecified atom stereocenters. The van der Waals surface area contributed by atoms with Crippen LogP contribution >= 0.6 is 0 Å². The van der Waals surface area contributed by atoms with Gasteiger partial charge in [-0.2, -0.15) is 0 Å². The minimum absolute atomic E-state index is 1.09. The van der Waals surface area contributed by atoms with Crippen LogP contribution in [0.25, 0.3) is 0 Å². The molecule has 0 amide bonds. The monoisotopic (exact) mass is 157 g/mol. The van der Waals surface area contributed by atoms with Gasteiger partial charge in [0.2, 0.25) is 0 Å². The standard InChI is InChI=1S/C4H11N.ClHO3/c1-3-5-4-2;2-1(3)4/h5H,3-4H2,1-2H3;2H. The highest BCUT2D eigenvalue weighted by Gasteiger charge is 1.79. The molecule has 5 heteroatoms. The van der Waals surface area contributed by atoms with Gasteiger partial charge in [0.15, 0.2) is 0 Å². The van der Waals surface area contributed by atoms with Gasteiger partial charge in [0.1, 0.15) is 0 Å². The van der Waals surface area contributed by atoms with E-state index in [2.05, 4.69) is 19.2 Å². The Kier molecular flexibility index (Phi) is 14.5. The van der Waals surface area contributed by atoms with Crippen LogP contribution in [0.1, 0.15) is 13.8 Å². The molecule has 0 atom stereocenters. The molecule has 58 valence electrons. The van der Waals surface area contributed by atoms with Gasteiger partial charge < -0.3 is 14.6 Å². The average Bonchev–Trinajstić information content (AvgIpc) is 1.66. The summed E-state index contributed by atoms with van der Waals surface area (Å²) < 4.78 is 24.0. The molecule has 0 fully saturated rings. The van der Waals surface area contributed by atoms with Crippen LogP contribution in [0.4, 0.5) is 0 Å². The highest BCUT2D eigenvalue weighted by atomic mass is 35.6. The smallest absolute Gasteiger partial charge is 0.282 e. The van der Waals surface area contributed by atoms with Gasteiger partial charge in [-0.15, -0.1) is 0 Å². The second-order valence-corrected chi connectivity index (χ2v) is 1.56. The van der Waals surface area contributed by atoms with Crippen molar-refractivity contribution in [2.24, 2.45) is 0 Å².